The van der Waals surface area contributed by atoms with E-state index in [1.807, 2.05) is 190 Å². The maximum atomic E-state index is 11.8. The molecule has 8 heteroatoms. The number of fused-ring (bicyclic) bond motifs is 2. The number of nitrogens with zero attached hydrogens (tertiary/aromatic N) is 2. The summed E-state index contributed by atoms with van der Waals surface area (Å²) in [6, 6.07) is 94.9. The van der Waals surface area contributed by atoms with E-state index in [0.717, 1.165) is 72.2 Å². The number of phenols is 2. The molecule has 0 spiro atoms. The van der Waals surface area contributed by atoms with Crippen LogP contribution in [0.25, 0.3) is 88.6 Å². The van der Waals surface area contributed by atoms with Gasteiger partial charge in [-0.05, 0) is 105 Å². The predicted octanol–water partition coefficient (Wildman–Crippen LogP) is 16.4. The van der Waals surface area contributed by atoms with Crippen molar-refractivity contribution in [2.75, 3.05) is 0 Å². The standard InChI is InChI=1S/3C18H14O.2C10H9NO.Al/c3*19-18-9-5-4-8-17(18)16-12-10-15(11-13-16)14-6-2-1-3-7-14;2*1-7-5-6-8-3-2-4-9(12)10(8)11-7;/h3*1-13,19H;2*2-6,12H,1H3;/q;;;;;+3/p-3. The summed E-state index contributed by atoms with van der Waals surface area (Å²) in [5.41, 5.74) is 15.4. The third-order valence-corrected chi connectivity index (χ3v) is 13.2. The molecule has 0 fully saturated rings. The summed E-state index contributed by atoms with van der Waals surface area (Å²) in [7, 11) is 0. The summed E-state index contributed by atoms with van der Waals surface area (Å²) in [6.45, 7) is 3.82. The van der Waals surface area contributed by atoms with Gasteiger partial charge in [-0.15, -0.1) is 17.2 Å². The summed E-state index contributed by atoms with van der Waals surface area (Å²) in [5, 5.41) is 56.1. The first-order valence-corrected chi connectivity index (χ1v) is 26.4. The minimum absolute atomic E-state index is 0. The van der Waals surface area contributed by atoms with Gasteiger partial charge in [-0.25, -0.2) is 9.97 Å². The van der Waals surface area contributed by atoms with Crippen LogP contribution < -0.4 is 15.3 Å². The normalized spacial score (nSPS) is 10.2. The summed E-state index contributed by atoms with van der Waals surface area (Å²) in [5.74, 6) is 0.687. The Bertz CT molecular complexity index is 3730. The molecule has 0 aliphatic rings. The quantitative estimate of drug-likeness (QED) is 0.158. The van der Waals surface area contributed by atoms with Gasteiger partial charge in [-0.1, -0.05) is 273 Å². The monoisotopic (exact) mass is 1080 g/mol. The summed E-state index contributed by atoms with van der Waals surface area (Å²) in [6.07, 6.45) is 0. The molecule has 2 N–H and O–H groups in total. The minimum atomic E-state index is 0. The molecule has 0 aliphatic carbocycles. The van der Waals surface area contributed by atoms with Crippen molar-refractivity contribution >= 4 is 39.2 Å². The molecule has 0 unspecified atom stereocenters. The molecule has 0 radical (unpaired) electrons. The molecule has 82 heavy (non-hydrogen) atoms. The van der Waals surface area contributed by atoms with Gasteiger partial charge in [0, 0.05) is 22.2 Å². The Morgan fingerprint density at radius 1 is 0.244 bits per heavy atom. The van der Waals surface area contributed by atoms with E-state index >= 15 is 0 Å². The fourth-order valence-corrected chi connectivity index (χ4v) is 8.99. The van der Waals surface area contributed by atoms with Crippen LogP contribution in [0.4, 0.5) is 0 Å². The second-order valence-electron chi connectivity index (χ2n) is 18.9. The van der Waals surface area contributed by atoms with Crippen molar-refractivity contribution in [1.82, 2.24) is 9.97 Å². The smallest absolute Gasteiger partial charge is 0.872 e. The van der Waals surface area contributed by atoms with E-state index in [1.54, 1.807) is 48.5 Å². The largest absolute Gasteiger partial charge is 3.00 e. The fraction of sp³-hybridized carbons (Fsp3) is 0.0270. The number of aromatic nitrogens is 2. The molecule has 396 valence electrons. The van der Waals surface area contributed by atoms with Crippen LogP contribution in [0.3, 0.4) is 0 Å². The molecule has 0 aliphatic heterocycles. The molecule has 2 aromatic heterocycles. The Hall–Kier alpha value is -10.2. The van der Waals surface area contributed by atoms with Crippen LogP contribution in [0.15, 0.2) is 297 Å². The SMILES string of the molecule is Cc1ccc2cccc(O)c2n1.Cc1ccc2cccc(O)c2n1.[Al+3].[O-]c1ccccc1-c1ccc(-c2ccccc2)cc1.[O-]c1ccccc1-c1ccc(-c2ccccc2)cc1.[O-]c1ccccc1-c1ccc(-c2ccccc2)cc1. The Labute approximate surface area is 489 Å². The van der Waals surface area contributed by atoms with Crippen molar-refractivity contribution in [3.63, 3.8) is 0 Å². The molecule has 7 nitrogen and oxygen atoms in total. The zero-order chi connectivity index (χ0) is 56.3. The van der Waals surface area contributed by atoms with E-state index < -0.39 is 0 Å². The van der Waals surface area contributed by atoms with Gasteiger partial charge < -0.3 is 25.5 Å². The second kappa shape index (κ2) is 28.6. The molecule has 0 amide bonds. The zero-order valence-corrected chi connectivity index (χ0v) is 46.5. The molecule has 13 aromatic rings. The van der Waals surface area contributed by atoms with Crippen LogP contribution in [0.2, 0.25) is 0 Å². The third-order valence-electron chi connectivity index (χ3n) is 13.2. The number of aromatic hydroxyl groups is 2. The Morgan fingerprint density at radius 2 is 0.488 bits per heavy atom. The number of para-hydroxylation sites is 5. The van der Waals surface area contributed by atoms with Crippen LogP contribution in [0, 0.1) is 13.8 Å². The number of aryl methyl sites for hydroxylation is 2. The molecule has 2 heterocycles. The molecule has 13 rings (SSSR count). The Morgan fingerprint density at radius 3 is 0.768 bits per heavy atom. The molecule has 0 saturated carbocycles. The first-order valence-electron chi connectivity index (χ1n) is 26.4. The van der Waals surface area contributed by atoms with Crippen molar-refractivity contribution in [2.24, 2.45) is 0 Å². The number of phenolic OH excluding ortho intramolecular Hbond substituents is 2. The Kier molecular flexibility index (Phi) is 20.2. The topological polar surface area (TPSA) is 135 Å². The van der Waals surface area contributed by atoms with Crippen LogP contribution >= 0.6 is 0 Å². The third kappa shape index (κ3) is 15.3. The molecular formula is C74H57AlN2O5. The van der Waals surface area contributed by atoms with E-state index in [-0.39, 0.29) is 46.1 Å². The number of hydrogen-bond donors (Lipinski definition) is 2. The molecule has 0 bridgehead atoms. The van der Waals surface area contributed by atoms with Gasteiger partial charge >= 0.3 is 17.4 Å². The van der Waals surface area contributed by atoms with Crippen molar-refractivity contribution in [1.29, 1.82) is 0 Å². The minimum Gasteiger partial charge on any atom is -0.872 e. The van der Waals surface area contributed by atoms with Crippen molar-refractivity contribution < 1.29 is 25.5 Å². The van der Waals surface area contributed by atoms with Crippen LogP contribution in [-0.4, -0.2) is 37.5 Å². The Balaban J connectivity index is 0.000000136. The number of rotatable bonds is 6. The van der Waals surface area contributed by atoms with Gasteiger partial charge in [0.25, 0.3) is 0 Å². The number of hydrogen-bond acceptors (Lipinski definition) is 7. The van der Waals surface area contributed by atoms with E-state index in [2.05, 4.69) is 82.8 Å². The van der Waals surface area contributed by atoms with Crippen molar-refractivity contribution in [3.05, 3.63) is 309 Å². The van der Waals surface area contributed by atoms with E-state index in [4.69, 9.17) is 0 Å². The first-order chi connectivity index (χ1) is 39.6. The summed E-state index contributed by atoms with van der Waals surface area (Å²) >= 11 is 0. The van der Waals surface area contributed by atoms with Gasteiger partial charge in [0.15, 0.2) is 0 Å². The maximum absolute atomic E-state index is 11.8. The summed E-state index contributed by atoms with van der Waals surface area (Å²) < 4.78 is 0. The number of pyridine rings is 2. The summed E-state index contributed by atoms with van der Waals surface area (Å²) in [4.78, 5) is 8.45. The molecule has 0 saturated heterocycles. The average Bonchev–Trinajstić information content (AvgIpc) is 3.58. The van der Waals surface area contributed by atoms with Gasteiger partial charge in [-0.3, -0.25) is 0 Å². The van der Waals surface area contributed by atoms with Crippen LogP contribution in [0.1, 0.15) is 11.4 Å². The van der Waals surface area contributed by atoms with Gasteiger partial charge in [-0.2, -0.15) is 0 Å². The van der Waals surface area contributed by atoms with Crippen LogP contribution in [0.5, 0.6) is 28.7 Å². The van der Waals surface area contributed by atoms with Crippen LogP contribution in [-0.2, 0) is 0 Å². The van der Waals surface area contributed by atoms with Crippen molar-refractivity contribution in [3.8, 4) is 95.5 Å². The molecule has 0 atom stereocenters. The average molecular weight is 1080 g/mol. The van der Waals surface area contributed by atoms with E-state index in [0.29, 0.717) is 11.0 Å². The zero-order valence-electron chi connectivity index (χ0n) is 45.4. The molecular weight excluding hydrogens is 1020 g/mol. The number of benzene rings is 11. The maximum Gasteiger partial charge on any atom is 3.00 e. The van der Waals surface area contributed by atoms with Gasteiger partial charge in [0.05, 0.1) is 0 Å². The second-order valence-corrected chi connectivity index (χ2v) is 18.9. The van der Waals surface area contributed by atoms with Gasteiger partial charge in [0.1, 0.15) is 22.5 Å². The van der Waals surface area contributed by atoms with E-state index in [9.17, 15) is 25.5 Å². The molecule has 11 aromatic carbocycles. The van der Waals surface area contributed by atoms with E-state index in [1.165, 1.54) is 16.7 Å². The predicted molar refractivity (Wildman–Crippen MR) is 332 cm³/mol. The fourth-order valence-electron chi connectivity index (χ4n) is 8.99. The first kappa shape index (κ1) is 57.9. The van der Waals surface area contributed by atoms with Gasteiger partial charge in [0.2, 0.25) is 0 Å². The van der Waals surface area contributed by atoms with Crippen molar-refractivity contribution in [2.45, 2.75) is 13.8 Å².